The second-order valence-electron chi connectivity index (χ2n) is 5.17. The van der Waals surface area contributed by atoms with Crippen molar-refractivity contribution >= 4 is 23.4 Å². The summed E-state index contributed by atoms with van der Waals surface area (Å²) in [6.45, 7) is 0. The molecule has 0 saturated heterocycles. The Morgan fingerprint density at radius 3 is 2.85 bits per heavy atom. The molecule has 1 aliphatic carbocycles. The zero-order valence-corrected chi connectivity index (χ0v) is 12.1. The predicted octanol–water partition coefficient (Wildman–Crippen LogP) is 3.17. The van der Waals surface area contributed by atoms with Gasteiger partial charge in [0.15, 0.2) is 0 Å². The van der Waals surface area contributed by atoms with Crippen LogP contribution in [0.4, 0.5) is 5.69 Å². The molecule has 108 valence electrons. The number of nitrogens with zero attached hydrogens (tertiary/aromatic N) is 1. The molecule has 0 aromatic heterocycles. The van der Waals surface area contributed by atoms with Gasteiger partial charge in [-0.3, -0.25) is 14.9 Å². The summed E-state index contributed by atoms with van der Waals surface area (Å²) < 4.78 is 4.71. The van der Waals surface area contributed by atoms with Gasteiger partial charge in [0.05, 0.1) is 18.5 Å². The summed E-state index contributed by atoms with van der Waals surface area (Å²) in [7, 11) is 1.41. The summed E-state index contributed by atoms with van der Waals surface area (Å²) in [5.74, 6) is 1.47. The minimum Gasteiger partial charge on any atom is -0.469 e. The fourth-order valence-corrected chi connectivity index (χ4v) is 3.41. The second kappa shape index (κ2) is 6.26. The first-order valence-corrected chi connectivity index (χ1v) is 7.58. The molecule has 1 aromatic rings. The Morgan fingerprint density at radius 1 is 1.50 bits per heavy atom. The van der Waals surface area contributed by atoms with Gasteiger partial charge in [0.25, 0.3) is 5.69 Å². The number of esters is 1. The van der Waals surface area contributed by atoms with Crippen LogP contribution in [0, 0.1) is 15.5 Å². The quantitative estimate of drug-likeness (QED) is 0.439. The fraction of sp³-hybridized carbons (Fsp3) is 0.500. The molecule has 0 heterocycles. The van der Waals surface area contributed by atoms with Gasteiger partial charge in [-0.05, 0) is 29.6 Å². The molecule has 5 nitrogen and oxygen atoms in total. The Kier molecular flexibility index (Phi) is 4.65. The van der Waals surface area contributed by atoms with E-state index in [0.717, 1.165) is 29.9 Å². The van der Waals surface area contributed by atoms with Gasteiger partial charge in [-0.25, -0.2) is 0 Å². The summed E-state index contributed by atoms with van der Waals surface area (Å²) in [6.07, 6.45) is 2.60. The summed E-state index contributed by atoms with van der Waals surface area (Å²) >= 11 is 1.72. The van der Waals surface area contributed by atoms with E-state index >= 15 is 0 Å². The number of thioether (sulfide) groups is 1. The van der Waals surface area contributed by atoms with E-state index < -0.39 is 0 Å². The van der Waals surface area contributed by atoms with Gasteiger partial charge in [-0.15, -0.1) is 0 Å². The summed E-state index contributed by atoms with van der Waals surface area (Å²) in [5, 5.41) is 10.7. The van der Waals surface area contributed by atoms with Crippen LogP contribution < -0.4 is 0 Å². The zero-order chi connectivity index (χ0) is 14.6. The average molecular weight is 295 g/mol. The van der Waals surface area contributed by atoms with Crippen LogP contribution in [0.15, 0.2) is 24.3 Å². The maximum Gasteiger partial charge on any atom is 0.306 e. The lowest BCUT2D eigenvalue weighted by atomic mass is 10.1. The lowest BCUT2D eigenvalue weighted by molar-refractivity contribution is -0.384. The number of methoxy groups -OCH3 is 1. The third kappa shape index (κ3) is 3.96. The molecule has 0 unspecified atom stereocenters. The van der Waals surface area contributed by atoms with Gasteiger partial charge < -0.3 is 4.74 Å². The number of carbonyl (C=O) groups excluding carboxylic acids is 1. The van der Waals surface area contributed by atoms with Crippen molar-refractivity contribution in [3.8, 4) is 0 Å². The van der Waals surface area contributed by atoms with Crippen molar-refractivity contribution in [1.29, 1.82) is 0 Å². The maximum absolute atomic E-state index is 11.3. The van der Waals surface area contributed by atoms with Crippen LogP contribution in [0.25, 0.3) is 0 Å². The molecular weight excluding hydrogens is 278 g/mol. The van der Waals surface area contributed by atoms with Gasteiger partial charge in [0, 0.05) is 17.9 Å². The SMILES string of the molecule is COC(=O)CC1(CSCc2cccc([N+](=O)[O-])c2)CC1. The highest BCUT2D eigenvalue weighted by molar-refractivity contribution is 7.98. The number of rotatable bonds is 7. The third-order valence-electron chi connectivity index (χ3n) is 3.50. The molecule has 6 heteroatoms. The molecule has 0 spiro atoms. The van der Waals surface area contributed by atoms with Gasteiger partial charge in [-0.2, -0.15) is 11.8 Å². The van der Waals surface area contributed by atoms with E-state index in [4.69, 9.17) is 4.74 Å². The second-order valence-corrected chi connectivity index (χ2v) is 6.16. The van der Waals surface area contributed by atoms with Crippen molar-refractivity contribution in [1.82, 2.24) is 0 Å². The monoisotopic (exact) mass is 295 g/mol. The Labute approximate surface area is 121 Å². The number of nitro benzene ring substituents is 1. The minimum absolute atomic E-state index is 0.0957. The van der Waals surface area contributed by atoms with Crippen molar-refractivity contribution < 1.29 is 14.5 Å². The summed E-state index contributed by atoms with van der Waals surface area (Å²) in [6, 6.07) is 6.69. The molecule has 1 fully saturated rings. The van der Waals surface area contributed by atoms with E-state index in [-0.39, 0.29) is 22.0 Å². The zero-order valence-electron chi connectivity index (χ0n) is 11.3. The lowest BCUT2D eigenvalue weighted by Crippen LogP contribution is -2.13. The normalized spacial score (nSPS) is 15.7. The number of hydrogen-bond acceptors (Lipinski definition) is 5. The van der Waals surface area contributed by atoms with Gasteiger partial charge in [-0.1, -0.05) is 12.1 Å². The number of hydrogen-bond donors (Lipinski definition) is 0. The van der Waals surface area contributed by atoms with Crippen LogP contribution in [0.2, 0.25) is 0 Å². The maximum atomic E-state index is 11.3. The molecule has 0 N–H and O–H groups in total. The molecular formula is C14H17NO4S. The van der Waals surface area contributed by atoms with Crippen molar-refractivity contribution in [2.24, 2.45) is 5.41 Å². The third-order valence-corrected chi connectivity index (χ3v) is 4.86. The van der Waals surface area contributed by atoms with Crippen LogP contribution in [0.3, 0.4) is 0 Å². The van der Waals surface area contributed by atoms with E-state index in [9.17, 15) is 14.9 Å². The standard InChI is InChI=1S/C14H17NO4S/c1-19-13(16)8-14(5-6-14)10-20-9-11-3-2-4-12(7-11)15(17)18/h2-4,7H,5-6,8-10H2,1H3. The summed E-state index contributed by atoms with van der Waals surface area (Å²) in [4.78, 5) is 21.6. The first kappa shape index (κ1) is 14.8. The van der Waals surface area contributed by atoms with E-state index in [1.54, 1.807) is 23.9 Å². The predicted molar refractivity (Wildman–Crippen MR) is 77.6 cm³/mol. The molecule has 20 heavy (non-hydrogen) atoms. The molecule has 2 rings (SSSR count). The average Bonchev–Trinajstić information content (AvgIpc) is 3.18. The van der Waals surface area contributed by atoms with Crippen LogP contribution in [-0.4, -0.2) is 23.8 Å². The highest BCUT2D eigenvalue weighted by Gasteiger charge is 2.44. The highest BCUT2D eigenvalue weighted by Crippen LogP contribution is 2.51. The molecule has 0 amide bonds. The first-order chi connectivity index (χ1) is 9.54. The molecule has 0 radical (unpaired) electrons. The van der Waals surface area contributed by atoms with Gasteiger partial charge in [0.2, 0.25) is 0 Å². The van der Waals surface area contributed by atoms with Crippen molar-refractivity contribution in [2.45, 2.75) is 25.0 Å². The van der Waals surface area contributed by atoms with Crippen LogP contribution in [-0.2, 0) is 15.3 Å². The van der Waals surface area contributed by atoms with Crippen LogP contribution in [0.1, 0.15) is 24.8 Å². The molecule has 0 aliphatic heterocycles. The highest BCUT2D eigenvalue weighted by atomic mass is 32.2. The van der Waals surface area contributed by atoms with E-state index in [1.807, 2.05) is 6.07 Å². The van der Waals surface area contributed by atoms with E-state index in [1.165, 1.54) is 13.2 Å². The molecule has 0 atom stereocenters. The fourth-order valence-electron chi connectivity index (χ4n) is 2.07. The Balaban J connectivity index is 1.83. The van der Waals surface area contributed by atoms with Crippen LogP contribution >= 0.6 is 11.8 Å². The Bertz CT molecular complexity index is 514. The number of ether oxygens (including phenoxy) is 1. The Morgan fingerprint density at radius 2 is 2.25 bits per heavy atom. The molecule has 1 aromatic carbocycles. The van der Waals surface area contributed by atoms with Crippen molar-refractivity contribution in [3.05, 3.63) is 39.9 Å². The number of non-ortho nitro benzene ring substituents is 1. The largest absolute Gasteiger partial charge is 0.469 e. The molecule has 1 aliphatic rings. The lowest BCUT2D eigenvalue weighted by Gasteiger charge is -2.12. The molecule has 0 bridgehead atoms. The van der Waals surface area contributed by atoms with E-state index in [0.29, 0.717) is 6.42 Å². The molecule has 1 saturated carbocycles. The first-order valence-electron chi connectivity index (χ1n) is 6.43. The van der Waals surface area contributed by atoms with Crippen LogP contribution in [0.5, 0.6) is 0 Å². The number of nitro groups is 1. The number of benzene rings is 1. The van der Waals surface area contributed by atoms with Gasteiger partial charge in [0.1, 0.15) is 0 Å². The minimum atomic E-state index is -0.381. The summed E-state index contributed by atoms with van der Waals surface area (Å²) in [5.41, 5.74) is 1.16. The topological polar surface area (TPSA) is 69.4 Å². The number of carbonyl (C=O) groups is 1. The van der Waals surface area contributed by atoms with Crippen molar-refractivity contribution in [3.63, 3.8) is 0 Å². The van der Waals surface area contributed by atoms with Gasteiger partial charge >= 0.3 is 5.97 Å². The Hall–Kier alpha value is -1.56. The van der Waals surface area contributed by atoms with E-state index in [2.05, 4.69) is 0 Å². The van der Waals surface area contributed by atoms with Crippen molar-refractivity contribution in [2.75, 3.05) is 12.9 Å². The smallest absolute Gasteiger partial charge is 0.306 e.